The highest BCUT2D eigenvalue weighted by molar-refractivity contribution is 14.1. The van der Waals surface area contributed by atoms with Crippen molar-refractivity contribution in [3.05, 3.63) is 46.5 Å². The number of amides is 5. The highest BCUT2D eigenvalue weighted by Crippen LogP contribution is 2.49. The quantitative estimate of drug-likeness (QED) is 0.0377. The number of likely N-dealkylation sites (tertiary alicyclic amines) is 1. The number of anilines is 1. The molecule has 8 atom stereocenters. The number of carbonyl (C=O) groups excluding carboxylic acids is 6. The number of hydrazine groups is 1. The van der Waals surface area contributed by atoms with Gasteiger partial charge in [-0.25, -0.2) is 4.79 Å². The van der Waals surface area contributed by atoms with Gasteiger partial charge in [-0.15, -0.1) is 11.8 Å². The molecule has 6 rings (SSSR count). The fourth-order valence-corrected chi connectivity index (χ4v) is 10.9. The highest BCUT2D eigenvalue weighted by atomic mass is 127. The maximum absolute atomic E-state index is 14.2. The number of epoxide rings is 1. The molecule has 1 unspecified atom stereocenters. The van der Waals surface area contributed by atoms with E-state index in [1.54, 1.807) is 45.2 Å². The van der Waals surface area contributed by atoms with E-state index in [0.717, 1.165) is 24.0 Å². The molecule has 18 nitrogen and oxygen atoms in total. The lowest BCUT2D eigenvalue weighted by Crippen LogP contribution is -2.63. The van der Waals surface area contributed by atoms with Crippen molar-refractivity contribution in [1.29, 1.82) is 0 Å². The van der Waals surface area contributed by atoms with Crippen molar-refractivity contribution in [2.75, 3.05) is 51.7 Å². The molecular formula is C45H61ClIN5O13S. The third kappa shape index (κ3) is 12.4. The number of halogens is 2. The molecule has 364 valence electrons. The molecule has 0 spiro atoms. The van der Waals surface area contributed by atoms with Gasteiger partial charge in [0.2, 0.25) is 23.6 Å². The SMILES string of the molecule is COc1cc2cc(c1Cl)N(C)C(=O)C[C@H](OC(=O)CCOCCSC1CC(=O)N(C[C@H]3CC[C@H](C(=O)NNI)CC3)C1=O)[C@]1(C)O[C@H]1[C@H](C)[C@@H]1C[C@@](O)(NC(=O)O1)[C@H](OC)/C=C/C=C(\C)C2. The molecule has 4 bridgehead atoms. The van der Waals surface area contributed by atoms with Crippen LogP contribution in [0.1, 0.15) is 77.7 Å². The molecule has 1 aromatic carbocycles. The van der Waals surface area contributed by atoms with Crippen LogP contribution in [0.2, 0.25) is 5.02 Å². The number of alkyl carbamates (subject to hydrolysis) is 1. The first-order chi connectivity index (χ1) is 31.4. The van der Waals surface area contributed by atoms with Crippen LogP contribution >= 0.6 is 46.2 Å². The average Bonchev–Trinajstić information content (AvgIpc) is 3.91. The van der Waals surface area contributed by atoms with Crippen LogP contribution in [-0.4, -0.2) is 133 Å². The van der Waals surface area contributed by atoms with Crippen molar-refractivity contribution < 1.29 is 62.3 Å². The van der Waals surface area contributed by atoms with Crippen LogP contribution in [0.25, 0.3) is 0 Å². The summed E-state index contributed by atoms with van der Waals surface area (Å²) < 4.78 is 37.6. The number of esters is 1. The Bertz CT molecular complexity index is 2060. The summed E-state index contributed by atoms with van der Waals surface area (Å²) in [7, 11) is 4.49. The van der Waals surface area contributed by atoms with Gasteiger partial charge in [0.1, 0.15) is 34.7 Å². The third-order valence-corrected chi connectivity index (χ3v) is 15.1. The molecule has 0 aromatic heterocycles. The lowest BCUT2D eigenvalue weighted by atomic mass is 9.81. The fraction of sp³-hybridized carbons (Fsp3) is 0.644. The first kappa shape index (κ1) is 51.9. The van der Waals surface area contributed by atoms with E-state index in [9.17, 15) is 33.9 Å². The minimum atomic E-state index is -1.84. The molecule has 4 heterocycles. The van der Waals surface area contributed by atoms with Crippen molar-refractivity contribution in [1.82, 2.24) is 19.3 Å². The maximum Gasteiger partial charge on any atom is 0.409 e. The Morgan fingerprint density at radius 2 is 1.83 bits per heavy atom. The Kier molecular flexibility index (Phi) is 17.9. The van der Waals surface area contributed by atoms with E-state index < -0.39 is 64.9 Å². The summed E-state index contributed by atoms with van der Waals surface area (Å²) in [6.45, 7) is 6.00. The van der Waals surface area contributed by atoms with Gasteiger partial charge < -0.3 is 38.4 Å². The Balaban J connectivity index is 1.08. The molecule has 3 saturated heterocycles. The summed E-state index contributed by atoms with van der Waals surface area (Å²) in [6, 6.07) is 3.58. The predicted molar refractivity (Wildman–Crippen MR) is 252 cm³/mol. The monoisotopic (exact) mass is 1070 g/mol. The zero-order chi connectivity index (χ0) is 47.9. The van der Waals surface area contributed by atoms with Crippen LogP contribution in [0.3, 0.4) is 0 Å². The molecule has 1 aliphatic carbocycles. The second-order valence-electron chi connectivity index (χ2n) is 17.8. The van der Waals surface area contributed by atoms with Crippen LogP contribution < -0.4 is 24.0 Å². The fourth-order valence-electron chi connectivity index (χ4n) is 9.32. The summed E-state index contributed by atoms with van der Waals surface area (Å²) >= 11 is 9.98. The van der Waals surface area contributed by atoms with Crippen molar-refractivity contribution >= 4 is 87.6 Å². The topological polar surface area (TPSA) is 224 Å². The number of allylic oxidation sites excluding steroid dienone is 3. The second-order valence-corrected chi connectivity index (χ2v) is 20.1. The number of rotatable bonds is 14. The zero-order valence-corrected chi connectivity index (χ0v) is 41.8. The normalized spacial score (nSPS) is 33.0. The van der Waals surface area contributed by atoms with Gasteiger partial charge in [-0.1, -0.05) is 42.3 Å². The van der Waals surface area contributed by atoms with Crippen molar-refractivity contribution in [2.24, 2.45) is 17.8 Å². The number of hydrogen-bond donors (Lipinski definition) is 4. The predicted octanol–water partition coefficient (Wildman–Crippen LogP) is 4.71. The highest BCUT2D eigenvalue weighted by Gasteiger charge is 2.64. The molecule has 66 heavy (non-hydrogen) atoms. The van der Waals surface area contributed by atoms with Gasteiger partial charge in [0.15, 0.2) is 5.72 Å². The Morgan fingerprint density at radius 1 is 1.09 bits per heavy atom. The maximum atomic E-state index is 14.2. The Morgan fingerprint density at radius 3 is 2.53 bits per heavy atom. The summed E-state index contributed by atoms with van der Waals surface area (Å²) in [5.41, 5.74) is 1.69. The molecular weight excluding hydrogens is 1010 g/mol. The number of hydrogen-bond acceptors (Lipinski definition) is 15. The van der Waals surface area contributed by atoms with E-state index >= 15 is 0 Å². The summed E-state index contributed by atoms with van der Waals surface area (Å²) in [5, 5.41) is 14.0. The minimum absolute atomic E-state index is 0.00951. The molecule has 5 amide bonds. The van der Waals surface area contributed by atoms with Gasteiger partial charge in [-0.2, -0.15) is 3.64 Å². The Hall–Kier alpha value is -3.51. The van der Waals surface area contributed by atoms with Gasteiger partial charge in [0.05, 0.1) is 50.2 Å². The standard InChI is InChI=1S/C45H61ClIN5O13S/c1-25-8-7-9-34(61-6)45(59)23-32(63-43(58)48-45)26(2)40-44(3,65-40)35(22-36(53)51(4)30-19-28(18-25)20-31(60-5)39(30)46)64-38(55)14-15-62-16-17-66-33-21-37(54)52(42(33)57)24-27-10-12-29(13-11-27)41(56)49-50-47/h7-9,19-20,26-27,29,32-35,40,50,59H,10-18,21-24H2,1-6H3,(H,48,58)(H,49,56)/b9-7+,25-8+/t26-,27-,29-,32+,33?,34-,35+,40+,44+,45+/m1/s1. The molecule has 4 N–H and O–H groups in total. The summed E-state index contributed by atoms with van der Waals surface area (Å²) in [6.07, 6.45) is 3.81. The van der Waals surface area contributed by atoms with Crippen LogP contribution in [-0.2, 0) is 54.1 Å². The largest absolute Gasteiger partial charge is 0.495 e. The minimum Gasteiger partial charge on any atom is -0.495 e. The van der Waals surface area contributed by atoms with Crippen molar-refractivity contribution in [3.63, 3.8) is 0 Å². The van der Waals surface area contributed by atoms with Gasteiger partial charge in [0, 0.05) is 74.0 Å². The number of imide groups is 1. The molecule has 4 fully saturated rings. The number of methoxy groups -OCH3 is 2. The molecule has 1 aromatic rings. The van der Waals surface area contributed by atoms with Crippen LogP contribution in [0.15, 0.2) is 35.9 Å². The number of aliphatic hydroxyl groups is 1. The van der Waals surface area contributed by atoms with Crippen molar-refractivity contribution in [2.45, 2.75) is 120 Å². The molecule has 5 aliphatic rings. The van der Waals surface area contributed by atoms with Gasteiger partial charge >= 0.3 is 12.1 Å². The van der Waals surface area contributed by atoms with Crippen molar-refractivity contribution in [3.8, 4) is 5.75 Å². The number of nitrogens with one attached hydrogen (secondary N) is 3. The zero-order valence-electron chi connectivity index (χ0n) is 38.1. The van der Waals surface area contributed by atoms with Gasteiger partial charge in [-0.3, -0.25) is 39.6 Å². The van der Waals surface area contributed by atoms with E-state index in [2.05, 4.69) is 14.4 Å². The lowest BCUT2D eigenvalue weighted by Gasteiger charge is -2.42. The summed E-state index contributed by atoms with van der Waals surface area (Å²) in [5.74, 6) is -1.23. The third-order valence-electron chi connectivity index (χ3n) is 13.3. The lowest BCUT2D eigenvalue weighted by molar-refractivity contribution is -0.155. The van der Waals surface area contributed by atoms with Crippen LogP contribution in [0.4, 0.5) is 10.5 Å². The van der Waals surface area contributed by atoms with Crippen LogP contribution in [0.5, 0.6) is 5.75 Å². The number of fused-ring (bicyclic) bond motifs is 5. The molecule has 21 heteroatoms. The molecule has 1 saturated carbocycles. The van der Waals surface area contributed by atoms with Gasteiger partial charge in [0.25, 0.3) is 0 Å². The molecule has 4 aliphatic heterocycles. The first-order valence-electron chi connectivity index (χ1n) is 22.2. The van der Waals surface area contributed by atoms with Crippen LogP contribution in [0, 0.1) is 17.8 Å². The number of thioether (sulfide) groups is 1. The molecule has 0 radical (unpaired) electrons. The Labute approximate surface area is 408 Å². The second kappa shape index (κ2) is 22.7. The number of ether oxygens (including phenoxy) is 6. The smallest absolute Gasteiger partial charge is 0.409 e. The average molecular weight is 1070 g/mol. The van der Waals surface area contributed by atoms with E-state index in [4.69, 9.17) is 40.0 Å². The number of carbonyl (C=O) groups is 6. The van der Waals surface area contributed by atoms with E-state index in [1.165, 1.54) is 35.8 Å². The number of nitrogens with zero attached hydrogens (tertiary/aromatic N) is 2. The summed E-state index contributed by atoms with van der Waals surface area (Å²) in [4.78, 5) is 81.6. The van der Waals surface area contributed by atoms with Gasteiger partial charge in [-0.05, 0) is 69.6 Å². The van der Waals surface area contributed by atoms with E-state index in [1.807, 2.05) is 35.9 Å². The first-order valence-corrected chi connectivity index (χ1v) is 24.7. The van der Waals surface area contributed by atoms with E-state index in [-0.39, 0.29) is 73.5 Å². The van der Waals surface area contributed by atoms with E-state index in [0.29, 0.717) is 43.0 Å². The number of benzene rings is 1.